The lowest BCUT2D eigenvalue weighted by molar-refractivity contribution is 0.389. The molecule has 1 rings (SSSR count). The van der Waals surface area contributed by atoms with Crippen LogP contribution in [0.25, 0.3) is 0 Å². The first-order chi connectivity index (χ1) is 6.51. The zero-order valence-electron chi connectivity index (χ0n) is 8.38. The van der Waals surface area contributed by atoms with Crippen LogP contribution < -0.4 is 16.2 Å². The number of hydrogen-bond donors (Lipinski definition) is 2. The molecule has 0 saturated heterocycles. The number of halogens is 1. The summed E-state index contributed by atoms with van der Waals surface area (Å²) in [6.07, 6.45) is 0. The third-order valence-corrected chi connectivity index (χ3v) is 2.69. The molecular weight excluding hydrogens is 244 g/mol. The standard InChI is InChI=1S/C10H15BrN2O/c1-10(13,6-12)8-5-7(11)3-4-9(8)14-2/h3-5H,6,12-13H2,1-2H3. The molecule has 0 saturated carbocycles. The van der Waals surface area contributed by atoms with Crippen molar-refractivity contribution >= 4 is 15.9 Å². The van der Waals surface area contributed by atoms with E-state index in [1.54, 1.807) is 7.11 Å². The van der Waals surface area contributed by atoms with Crippen molar-refractivity contribution < 1.29 is 4.74 Å². The van der Waals surface area contributed by atoms with Gasteiger partial charge < -0.3 is 16.2 Å². The highest BCUT2D eigenvalue weighted by molar-refractivity contribution is 9.10. The summed E-state index contributed by atoms with van der Waals surface area (Å²) >= 11 is 3.40. The Morgan fingerprint density at radius 3 is 2.64 bits per heavy atom. The topological polar surface area (TPSA) is 61.3 Å². The van der Waals surface area contributed by atoms with Crippen molar-refractivity contribution in [2.45, 2.75) is 12.5 Å². The fourth-order valence-electron chi connectivity index (χ4n) is 1.24. The quantitative estimate of drug-likeness (QED) is 0.866. The number of nitrogens with two attached hydrogens (primary N) is 2. The Morgan fingerprint density at radius 1 is 1.50 bits per heavy atom. The lowest BCUT2D eigenvalue weighted by atomic mass is 9.92. The molecule has 0 bridgehead atoms. The summed E-state index contributed by atoms with van der Waals surface area (Å²) in [5.41, 5.74) is 12.0. The van der Waals surface area contributed by atoms with Gasteiger partial charge in [0.1, 0.15) is 5.75 Å². The molecule has 0 aliphatic heterocycles. The van der Waals surface area contributed by atoms with Crippen LogP contribution in [0.1, 0.15) is 12.5 Å². The van der Waals surface area contributed by atoms with E-state index >= 15 is 0 Å². The van der Waals surface area contributed by atoms with E-state index in [1.807, 2.05) is 25.1 Å². The maximum Gasteiger partial charge on any atom is 0.124 e. The molecule has 3 nitrogen and oxygen atoms in total. The molecule has 0 spiro atoms. The van der Waals surface area contributed by atoms with Gasteiger partial charge in [0.2, 0.25) is 0 Å². The molecule has 0 aromatic heterocycles. The van der Waals surface area contributed by atoms with Gasteiger partial charge in [-0.05, 0) is 25.1 Å². The van der Waals surface area contributed by atoms with Crippen LogP contribution in [-0.2, 0) is 5.54 Å². The highest BCUT2D eigenvalue weighted by atomic mass is 79.9. The predicted octanol–water partition coefficient (Wildman–Crippen LogP) is 1.59. The summed E-state index contributed by atoms with van der Waals surface area (Å²) in [7, 11) is 1.62. The minimum Gasteiger partial charge on any atom is -0.496 e. The average Bonchev–Trinajstić information content (AvgIpc) is 2.18. The van der Waals surface area contributed by atoms with Gasteiger partial charge in [-0.1, -0.05) is 15.9 Å². The molecule has 4 N–H and O–H groups in total. The normalized spacial score (nSPS) is 14.9. The third kappa shape index (κ3) is 2.26. The number of benzene rings is 1. The minimum atomic E-state index is -0.560. The molecule has 0 aliphatic rings. The number of rotatable bonds is 3. The highest BCUT2D eigenvalue weighted by Gasteiger charge is 2.23. The summed E-state index contributed by atoms with van der Waals surface area (Å²) < 4.78 is 6.20. The van der Waals surface area contributed by atoms with E-state index in [0.29, 0.717) is 6.54 Å². The van der Waals surface area contributed by atoms with E-state index in [9.17, 15) is 0 Å². The van der Waals surface area contributed by atoms with Crippen LogP contribution in [0, 0.1) is 0 Å². The van der Waals surface area contributed by atoms with Gasteiger partial charge in [-0.2, -0.15) is 0 Å². The van der Waals surface area contributed by atoms with Crippen molar-refractivity contribution in [2.75, 3.05) is 13.7 Å². The zero-order valence-corrected chi connectivity index (χ0v) is 9.97. The molecule has 0 heterocycles. The van der Waals surface area contributed by atoms with Crippen molar-refractivity contribution in [3.63, 3.8) is 0 Å². The molecule has 1 aromatic carbocycles. The summed E-state index contributed by atoms with van der Waals surface area (Å²) in [6.45, 7) is 2.26. The van der Waals surface area contributed by atoms with Crippen LogP contribution in [0.4, 0.5) is 0 Å². The second kappa shape index (κ2) is 4.29. The molecule has 4 heteroatoms. The van der Waals surface area contributed by atoms with E-state index < -0.39 is 5.54 Å². The molecule has 0 fully saturated rings. The lowest BCUT2D eigenvalue weighted by Crippen LogP contribution is -2.41. The first-order valence-electron chi connectivity index (χ1n) is 4.34. The Bertz CT molecular complexity index is 326. The molecule has 78 valence electrons. The second-order valence-electron chi connectivity index (χ2n) is 3.47. The van der Waals surface area contributed by atoms with Crippen molar-refractivity contribution in [3.8, 4) is 5.75 Å². The lowest BCUT2D eigenvalue weighted by Gasteiger charge is -2.25. The SMILES string of the molecule is COc1ccc(Br)cc1C(C)(N)CN. The molecule has 14 heavy (non-hydrogen) atoms. The van der Waals surface area contributed by atoms with Crippen LogP contribution >= 0.6 is 15.9 Å². The predicted molar refractivity (Wildman–Crippen MR) is 61.3 cm³/mol. The van der Waals surface area contributed by atoms with Gasteiger partial charge in [-0.15, -0.1) is 0 Å². The van der Waals surface area contributed by atoms with Crippen LogP contribution in [0.5, 0.6) is 5.75 Å². The van der Waals surface area contributed by atoms with Gasteiger partial charge in [0, 0.05) is 16.6 Å². The third-order valence-electron chi connectivity index (χ3n) is 2.20. The number of ether oxygens (including phenoxy) is 1. The van der Waals surface area contributed by atoms with Crippen molar-refractivity contribution in [2.24, 2.45) is 11.5 Å². The molecule has 0 amide bonds. The Hall–Kier alpha value is -0.580. The monoisotopic (exact) mass is 258 g/mol. The summed E-state index contributed by atoms with van der Waals surface area (Å²) in [5.74, 6) is 0.767. The highest BCUT2D eigenvalue weighted by Crippen LogP contribution is 2.30. The fraction of sp³-hybridized carbons (Fsp3) is 0.400. The Balaban J connectivity index is 3.23. The summed E-state index contributed by atoms with van der Waals surface area (Å²) in [6, 6.07) is 5.72. The minimum absolute atomic E-state index is 0.375. The molecule has 1 atom stereocenters. The number of hydrogen-bond acceptors (Lipinski definition) is 3. The fourth-order valence-corrected chi connectivity index (χ4v) is 1.60. The molecule has 1 unspecified atom stereocenters. The molecule has 0 aliphatic carbocycles. The first kappa shape index (κ1) is 11.5. The summed E-state index contributed by atoms with van der Waals surface area (Å²) in [5, 5.41) is 0. The Labute approximate surface area is 92.6 Å². The van der Waals surface area contributed by atoms with Crippen LogP contribution in [0.15, 0.2) is 22.7 Å². The average molecular weight is 259 g/mol. The van der Waals surface area contributed by atoms with Crippen LogP contribution in [0.3, 0.4) is 0 Å². The number of methoxy groups -OCH3 is 1. The van der Waals surface area contributed by atoms with E-state index in [-0.39, 0.29) is 0 Å². The van der Waals surface area contributed by atoms with Gasteiger partial charge in [0.15, 0.2) is 0 Å². The largest absolute Gasteiger partial charge is 0.496 e. The van der Waals surface area contributed by atoms with Crippen LogP contribution in [0.2, 0.25) is 0 Å². The van der Waals surface area contributed by atoms with Crippen molar-refractivity contribution in [1.29, 1.82) is 0 Å². The Morgan fingerprint density at radius 2 is 2.14 bits per heavy atom. The first-order valence-corrected chi connectivity index (χ1v) is 5.13. The van der Waals surface area contributed by atoms with Gasteiger partial charge in [0.25, 0.3) is 0 Å². The summed E-state index contributed by atoms with van der Waals surface area (Å²) in [4.78, 5) is 0. The second-order valence-corrected chi connectivity index (χ2v) is 4.38. The maximum absolute atomic E-state index is 6.06. The van der Waals surface area contributed by atoms with Crippen LogP contribution in [-0.4, -0.2) is 13.7 Å². The van der Waals surface area contributed by atoms with Gasteiger partial charge >= 0.3 is 0 Å². The van der Waals surface area contributed by atoms with Crippen molar-refractivity contribution in [1.82, 2.24) is 0 Å². The van der Waals surface area contributed by atoms with E-state index in [1.165, 1.54) is 0 Å². The van der Waals surface area contributed by atoms with Gasteiger partial charge in [-0.25, -0.2) is 0 Å². The van der Waals surface area contributed by atoms with Gasteiger partial charge in [0.05, 0.1) is 12.6 Å². The van der Waals surface area contributed by atoms with E-state index in [2.05, 4.69) is 15.9 Å². The molecule has 0 radical (unpaired) electrons. The van der Waals surface area contributed by atoms with Crippen molar-refractivity contribution in [3.05, 3.63) is 28.2 Å². The molecule has 1 aromatic rings. The van der Waals surface area contributed by atoms with Gasteiger partial charge in [-0.3, -0.25) is 0 Å². The van der Waals surface area contributed by atoms with E-state index in [0.717, 1.165) is 15.8 Å². The zero-order chi connectivity index (χ0) is 10.8. The maximum atomic E-state index is 6.06. The molecular formula is C10H15BrN2O. The van der Waals surface area contributed by atoms with E-state index in [4.69, 9.17) is 16.2 Å². The smallest absolute Gasteiger partial charge is 0.124 e. The Kier molecular flexibility index (Phi) is 3.53.